The van der Waals surface area contributed by atoms with Gasteiger partial charge in [0.1, 0.15) is 11.9 Å². The van der Waals surface area contributed by atoms with Gasteiger partial charge >= 0.3 is 0 Å². The molecule has 19 heavy (non-hydrogen) atoms. The number of hydrogen-bond acceptors (Lipinski definition) is 4. The molecule has 1 heterocycles. The molecule has 1 aliphatic heterocycles. The summed E-state index contributed by atoms with van der Waals surface area (Å²) < 4.78 is 5.86. The van der Waals surface area contributed by atoms with Crippen molar-refractivity contribution in [1.29, 1.82) is 0 Å². The van der Waals surface area contributed by atoms with Gasteiger partial charge in [0.25, 0.3) is 0 Å². The van der Waals surface area contributed by atoms with Crippen LogP contribution in [0.15, 0.2) is 42.5 Å². The van der Waals surface area contributed by atoms with Crippen molar-refractivity contribution in [2.24, 2.45) is 0 Å². The van der Waals surface area contributed by atoms with Crippen LogP contribution in [0.5, 0.6) is 5.75 Å². The fourth-order valence-corrected chi connectivity index (χ4v) is 2.28. The van der Waals surface area contributed by atoms with Gasteiger partial charge in [0.15, 0.2) is 0 Å². The van der Waals surface area contributed by atoms with Gasteiger partial charge in [0, 0.05) is 12.1 Å². The predicted molar refractivity (Wildman–Crippen MR) is 78.3 cm³/mol. The summed E-state index contributed by atoms with van der Waals surface area (Å²) in [5.74, 6) is 0.992. The maximum atomic E-state index is 5.86. The van der Waals surface area contributed by atoms with E-state index in [-0.39, 0.29) is 6.10 Å². The van der Waals surface area contributed by atoms with Crippen LogP contribution in [0, 0.1) is 0 Å². The number of nitrogens with one attached hydrogen (secondary N) is 1. The number of benzene rings is 2. The van der Waals surface area contributed by atoms with Crippen molar-refractivity contribution >= 4 is 17.1 Å². The normalized spacial score (nSPS) is 16.7. The van der Waals surface area contributed by atoms with Crippen LogP contribution < -0.4 is 21.5 Å². The van der Waals surface area contributed by atoms with Crippen LogP contribution in [0.2, 0.25) is 0 Å². The highest BCUT2D eigenvalue weighted by Crippen LogP contribution is 2.28. The Balaban J connectivity index is 1.61. The number of fused-ring (bicyclic) bond motifs is 1. The van der Waals surface area contributed by atoms with E-state index in [0.29, 0.717) is 11.4 Å². The first-order valence-electron chi connectivity index (χ1n) is 6.36. The first kappa shape index (κ1) is 11.7. The monoisotopic (exact) mass is 255 g/mol. The standard InChI is InChI=1S/C15H17N3O/c16-13-6-5-11(8-14(13)17)18-9-12-7-10-3-1-2-4-15(10)19-12/h1-6,8,12,18H,7,9,16-17H2. The maximum absolute atomic E-state index is 5.86. The fraction of sp³-hybridized carbons (Fsp3) is 0.200. The van der Waals surface area contributed by atoms with E-state index in [1.165, 1.54) is 5.56 Å². The highest BCUT2D eigenvalue weighted by molar-refractivity contribution is 5.69. The zero-order valence-electron chi connectivity index (χ0n) is 10.6. The van der Waals surface area contributed by atoms with Crippen molar-refractivity contribution in [1.82, 2.24) is 0 Å². The van der Waals surface area contributed by atoms with Gasteiger partial charge in [0.05, 0.1) is 17.9 Å². The molecule has 3 rings (SSSR count). The maximum Gasteiger partial charge on any atom is 0.123 e. The minimum Gasteiger partial charge on any atom is -0.488 e. The van der Waals surface area contributed by atoms with Crippen LogP contribution in [0.3, 0.4) is 0 Å². The zero-order valence-corrected chi connectivity index (χ0v) is 10.6. The third-order valence-electron chi connectivity index (χ3n) is 3.33. The van der Waals surface area contributed by atoms with Gasteiger partial charge in [-0.1, -0.05) is 18.2 Å². The summed E-state index contributed by atoms with van der Waals surface area (Å²) in [6.45, 7) is 0.748. The minimum atomic E-state index is 0.163. The van der Waals surface area contributed by atoms with E-state index < -0.39 is 0 Å². The number of ether oxygens (including phenoxy) is 1. The van der Waals surface area contributed by atoms with Crippen molar-refractivity contribution in [3.8, 4) is 5.75 Å². The molecule has 0 spiro atoms. The van der Waals surface area contributed by atoms with Gasteiger partial charge in [-0.25, -0.2) is 0 Å². The summed E-state index contributed by atoms with van der Waals surface area (Å²) in [7, 11) is 0. The van der Waals surface area contributed by atoms with Crippen molar-refractivity contribution in [3.05, 3.63) is 48.0 Å². The Labute approximate surface area is 112 Å². The zero-order chi connectivity index (χ0) is 13.2. The summed E-state index contributed by atoms with van der Waals surface area (Å²) in [4.78, 5) is 0. The third kappa shape index (κ3) is 2.42. The molecule has 0 aliphatic carbocycles. The topological polar surface area (TPSA) is 73.3 Å². The molecule has 0 bridgehead atoms. The molecule has 5 N–H and O–H groups in total. The lowest BCUT2D eigenvalue weighted by Crippen LogP contribution is -2.24. The van der Waals surface area contributed by atoms with Crippen LogP contribution in [-0.2, 0) is 6.42 Å². The molecule has 2 aromatic rings. The summed E-state index contributed by atoms with van der Waals surface area (Å²) in [6, 6.07) is 13.7. The lowest BCUT2D eigenvalue weighted by molar-refractivity contribution is 0.246. The van der Waals surface area contributed by atoms with E-state index >= 15 is 0 Å². The molecule has 0 amide bonds. The first-order chi connectivity index (χ1) is 9.22. The molecule has 4 nitrogen and oxygen atoms in total. The van der Waals surface area contributed by atoms with Gasteiger partial charge in [0.2, 0.25) is 0 Å². The first-order valence-corrected chi connectivity index (χ1v) is 6.36. The molecule has 2 aromatic carbocycles. The quantitative estimate of drug-likeness (QED) is 0.736. The van der Waals surface area contributed by atoms with E-state index in [0.717, 1.165) is 24.4 Å². The Morgan fingerprint density at radius 1 is 1.11 bits per heavy atom. The second-order valence-electron chi connectivity index (χ2n) is 4.78. The van der Waals surface area contributed by atoms with Crippen LogP contribution in [0.4, 0.5) is 17.1 Å². The average molecular weight is 255 g/mol. The summed E-state index contributed by atoms with van der Waals surface area (Å²) in [5, 5.41) is 3.33. The summed E-state index contributed by atoms with van der Waals surface area (Å²) in [6.07, 6.45) is 1.10. The second-order valence-corrected chi connectivity index (χ2v) is 4.78. The molecule has 0 radical (unpaired) electrons. The molecule has 98 valence electrons. The van der Waals surface area contributed by atoms with Crippen LogP contribution >= 0.6 is 0 Å². The van der Waals surface area contributed by atoms with Gasteiger partial charge in [-0.2, -0.15) is 0 Å². The Hall–Kier alpha value is -2.36. The van der Waals surface area contributed by atoms with Gasteiger partial charge < -0.3 is 21.5 Å². The van der Waals surface area contributed by atoms with Gasteiger partial charge in [-0.3, -0.25) is 0 Å². The average Bonchev–Trinajstić information content (AvgIpc) is 2.83. The lowest BCUT2D eigenvalue weighted by atomic mass is 10.1. The Bertz CT molecular complexity index is 573. The molecular formula is C15H17N3O. The van der Waals surface area contributed by atoms with E-state index in [9.17, 15) is 0 Å². The van der Waals surface area contributed by atoms with E-state index in [4.69, 9.17) is 16.2 Å². The number of hydrogen-bond donors (Lipinski definition) is 3. The van der Waals surface area contributed by atoms with Crippen molar-refractivity contribution in [2.45, 2.75) is 12.5 Å². The molecule has 1 unspecified atom stereocenters. The third-order valence-corrected chi connectivity index (χ3v) is 3.33. The lowest BCUT2D eigenvalue weighted by Gasteiger charge is -2.13. The van der Waals surface area contributed by atoms with Gasteiger partial charge in [-0.15, -0.1) is 0 Å². The van der Waals surface area contributed by atoms with Crippen LogP contribution in [-0.4, -0.2) is 12.6 Å². The highest BCUT2D eigenvalue weighted by atomic mass is 16.5. The number of nitrogen functional groups attached to an aromatic ring is 2. The molecule has 4 heteroatoms. The highest BCUT2D eigenvalue weighted by Gasteiger charge is 2.21. The summed E-state index contributed by atoms with van der Waals surface area (Å²) in [5.41, 5.74) is 14.9. The molecule has 0 aromatic heterocycles. The minimum absolute atomic E-state index is 0.163. The van der Waals surface area contributed by atoms with E-state index in [1.54, 1.807) is 0 Å². The number of anilines is 3. The molecule has 0 saturated carbocycles. The van der Waals surface area contributed by atoms with Crippen molar-refractivity contribution in [2.75, 3.05) is 23.3 Å². The van der Waals surface area contributed by atoms with E-state index in [2.05, 4.69) is 11.4 Å². The summed E-state index contributed by atoms with van der Waals surface area (Å²) >= 11 is 0. The van der Waals surface area contributed by atoms with Crippen molar-refractivity contribution < 1.29 is 4.74 Å². The van der Waals surface area contributed by atoms with Crippen LogP contribution in [0.1, 0.15) is 5.56 Å². The molecule has 1 atom stereocenters. The van der Waals surface area contributed by atoms with Crippen LogP contribution in [0.25, 0.3) is 0 Å². The fourth-order valence-electron chi connectivity index (χ4n) is 2.28. The number of rotatable bonds is 3. The smallest absolute Gasteiger partial charge is 0.123 e. The molecule has 1 aliphatic rings. The predicted octanol–water partition coefficient (Wildman–Crippen LogP) is 2.27. The molecular weight excluding hydrogens is 238 g/mol. The number of nitrogens with two attached hydrogens (primary N) is 2. The van der Waals surface area contributed by atoms with E-state index in [1.807, 2.05) is 36.4 Å². The Morgan fingerprint density at radius 2 is 1.95 bits per heavy atom. The second kappa shape index (κ2) is 4.72. The van der Waals surface area contributed by atoms with Gasteiger partial charge in [-0.05, 0) is 29.8 Å². The Morgan fingerprint density at radius 3 is 2.74 bits per heavy atom. The largest absolute Gasteiger partial charge is 0.488 e. The number of para-hydroxylation sites is 1. The van der Waals surface area contributed by atoms with Crippen molar-refractivity contribution in [3.63, 3.8) is 0 Å². The molecule has 0 fully saturated rings. The Kier molecular flexibility index (Phi) is 2.91. The SMILES string of the molecule is Nc1ccc(NCC2Cc3ccccc3O2)cc1N. The molecule has 0 saturated heterocycles.